The number of aromatic nitrogens is 1. The monoisotopic (exact) mass is 428 g/mol. The second kappa shape index (κ2) is 8.88. The fourth-order valence-electron chi connectivity index (χ4n) is 2.73. The molecule has 0 aliphatic carbocycles. The Morgan fingerprint density at radius 1 is 1.37 bits per heavy atom. The molecule has 2 amide bonds. The van der Waals surface area contributed by atoms with Crippen molar-refractivity contribution in [2.75, 3.05) is 11.9 Å². The third-order valence-electron chi connectivity index (χ3n) is 3.96. The summed E-state index contributed by atoms with van der Waals surface area (Å²) < 4.78 is 5.20. The van der Waals surface area contributed by atoms with Crippen molar-refractivity contribution in [1.29, 1.82) is 0 Å². The van der Waals surface area contributed by atoms with E-state index < -0.39 is 0 Å². The zero-order valence-electron chi connectivity index (χ0n) is 14.4. The molecular weight excluding hydrogens is 411 g/mol. The summed E-state index contributed by atoms with van der Waals surface area (Å²) in [4.78, 5) is 27.5. The number of rotatable bonds is 5. The lowest BCUT2D eigenvalue weighted by molar-refractivity contribution is -0.145. The molecule has 1 saturated heterocycles. The number of carbonyl (C=O) groups excluding carboxylic acids is 2. The van der Waals surface area contributed by atoms with Crippen LogP contribution in [0.2, 0.25) is 10.0 Å². The molecule has 1 aliphatic rings. The van der Waals surface area contributed by atoms with Crippen LogP contribution >= 0.6 is 34.5 Å². The number of urea groups is 1. The van der Waals surface area contributed by atoms with Crippen molar-refractivity contribution < 1.29 is 14.3 Å². The topological polar surface area (TPSA) is 92.4 Å². The molecule has 1 aliphatic heterocycles. The minimum Gasteiger partial charge on any atom is -0.461 e. The molecule has 2 aromatic rings. The van der Waals surface area contributed by atoms with Crippen molar-refractivity contribution in [3.63, 3.8) is 0 Å². The first kappa shape index (κ1) is 19.9. The quantitative estimate of drug-likeness (QED) is 0.630. The van der Waals surface area contributed by atoms with E-state index >= 15 is 0 Å². The Morgan fingerprint density at radius 2 is 2.19 bits per heavy atom. The van der Waals surface area contributed by atoms with Crippen LogP contribution < -0.4 is 16.0 Å². The molecule has 1 aromatic heterocycles. The smallest absolute Gasteiger partial charge is 0.321 e. The summed E-state index contributed by atoms with van der Waals surface area (Å²) in [6.07, 6.45) is 0.506. The normalized spacial score (nSPS) is 18.9. The summed E-state index contributed by atoms with van der Waals surface area (Å²) in [6, 6.07) is 4.82. The fourth-order valence-corrected chi connectivity index (χ4v) is 3.81. The third kappa shape index (κ3) is 5.55. The van der Waals surface area contributed by atoms with Crippen LogP contribution in [0.15, 0.2) is 23.6 Å². The van der Waals surface area contributed by atoms with Gasteiger partial charge >= 0.3 is 12.0 Å². The van der Waals surface area contributed by atoms with Crippen LogP contribution in [0.25, 0.3) is 0 Å². The molecule has 2 heterocycles. The Hall–Kier alpha value is -1.87. The second-order valence-electron chi connectivity index (χ2n) is 6.06. The van der Waals surface area contributed by atoms with Crippen molar-refractivity contribution in [2.24, 2.45) is 0 Å². The average molecular weight is 429 g/mol. The molecule has 27 heavy (non-hydrogen) atoms. The molecule has 0 spiro atoms. The SMILES string of the molecule is CC(=O)O[C@H]1CNC(c2csc(NC(=O)NCc3ccc(Cl)c(Cl)c3)n2)C1. The number of hydrogen-bond acceptors (Lipinski definition) is 6. The van der Waals surface area contributed by atoms with Crippen LogP contribution in [0, 0.1) is 0 Å². The van der Waals surface area contributed by atoms with Gasteiger partial charge in [-0.15, -0.1) is 11.3 Å². The van der Waals surface area contributed by atoms with Gasteiger partial charge in [-0.25, -0.2) is 9.78 Å². The zero-order valence-corrected chi connectivity index (χ0v) is 16.7. The van der Waals surface area contributed by atoms with Gasteiger partial charge in [0.05, 0.1) is 21.8 Å². The number of carbonyl (C=O) groups is 2. The highest BCUT2D eigenvalue weighted by atomic mass is 35.5. The molecule has 1 fully saturated rings. The van der Waals surface area contributed by atoms with Gasteiger partial charge in [0, 0.05) is 31.8 Å². The lowest BCUT2D eigenvalue weighted by Gasteiger charge is -2.09. The fraction of sp³-hybridized carbons (Fsp3) is 0.353. The Kier molecular flexibility index (Phi) is 6.54. The number of nitrogens with one attached hydrogen (secondary N) is 3. The number of hydrogen-bond donors (Lipinski definition) is 3. The predicted octanol–water partition coefficient (Wildman–Crippen LogP) is 3.74. The van der Waals surface area contributed by atoms with E-state index in [1.165, 1.54) is 18.3 Å². The van der Waals surface area contributed by atoms with Gasteiger partial charge in [0.25, 0.3) is 0 Å². The van der Waals surface area contributed by atoms with Gasteiger partial charge in [0.2, 0.25) is 0 Å². The molecule has 2 atom stereocenters. The Morgan fingerprint density at radius 3 is 2.93 bits per heavy atom. The molecule has 1 unspecified atom stereocenters. The van der Waals surface area contributed by atoms with E-state index in [1.54, 1.807) is 18.2 Å². The summed E-state index contributed by atoms with van der Waals surface area (Å²) in [7, 11) is 0. The van der Waals surface area contributed by atoms with Gasteiger partial charge in [-0.05, 0) is 17.7 Å². The van der Waals surface area contributed by atoms with Crippen molar-refractivity contribution in [3.8, 4) is 0 Å². The van der Waals surface area contributed by atoms with E-state index in [0.717, 1.165) is 11.3 Å². The van der Waals surface area contributed by atoms with E-state index in [9.17, 15) is 9.59 Å². The highest BCUT2D eigenvalue weighted by Gasteiger charge is 2.29. The van der Waals surface area contributed by atoms with E-state index in [4.69, 9.17) is 27.9 Å². The Labute approximate surface area is 170 Å². The molecule has 144 valence electrons. The van der Waals surface area contributed by atoms with Crippen LogP contribution in [0.3, 0.4) is 0 Å². The van der Waals surface area contributed by atoms with E-state index in [-0.39, 0.29) is 24.1 Å². The summed E-state index contributed by atoms with van der Waals surface area (Å²) in [5, 5.41) is 12.0. The molecule has 3 rings (SSSR count). The van der Waals surface area contributed by atoms with Gasteiger partial charge in [0.1, 0.15) is 6.10 Å². The highest BCUT2D eigenvalue weighted by Crippen LogP contribution is 2.28. The number of anilines is 1. The van der Waals surface area contributed by atoms with E-state index in [1.807, 2.05) is 5.38 Å². The van der Waals surface area contributed by atoms with E-state index in [2.05, 4.69) is 20.9 Å². The summed E-state index contributed by atoms with van der Waals surface area (Å²) in [5.74, 6) is -0.290. The summed E-state index contributed by atoms with van der Waals surface area (Å²) in [5.41, 5.74) is 1.65. The second-order valence-corrected chi connectivity index (χ2v) is 7.73. The minimum absolute atomic E-state index is 0.000389. The maximum absolute atomic E-state index is 12.1. The number of thiazole rings is 1. The zero-order chi connectivity index (χ0) is 19.4. The molecular formula is C17H18Cl2N4O3S. The number of amides is 2. The lowest BCUT2D eigenvalue weighted by Crippen LogP contribution is -2.28. The van der Waals surface area contributed by atoms with Crippen molar-refractivity contribution in [1.82, 2.24) is 15.6 Å². The van der Waals surface area contributed by atoms with Crippen LogP contribution in [0.1, 0.15) is 30.6 Å². The first-order chi connectivity index (χ1) is 12.9. The van der Waals surface area contributed by atoms with Crippen molar-refractivity contribution >= 4 is 51.7 Å². The van der Waals surface area contributed by atoms with Gasteiger partial charge in [0.15, 0.2) is 5.13 Å². The van der Waals surface area contributed by atoms with Gasteiger partial charge in [-0.3, -0.25) is 10.1 Å². The number of nitrogens with zero attached hydrogens (tertiary/aromatic N) is 1. The molecule has 1 aromatic carbocycles. The van der Waals surface area contributed by atoms with Gasteiger partial charge in [-0.1, -0.05) is 29.3 Å². The Balaban J connectivity index is 1.49. The lowest BCUT2D eigenvalue weighted by atomic mass is 10.1. The molecule has 10 heteroatoms. The molecule has 0 radical (unpaired) electrons. The highest BCUT2D eigenvalue weighted by molar-refractivity contribution is 7.13. The molecule has 0 saturated carbocycles. The van der Waals surface area contributed by atoms with Gasteiger partial charge < -0.3 is 15.4 Å². The van der Waals surface area contributed by atoms with Crippen LogP contribution in [-0.4, -0.2) is 29.6 Å². The van der Waals surface area contributed by atoms with Crippen LogP contribution in [0.5, 0.6) is 0 Å². The summed E-state index contributed by atoms with van der Waals surface area (Å²) >= 11 is 13.2. The first-order valence-electron chi connectivity index (χ1n) is 8.25. The van der Waals surface area contributed by atoms with Crippen LogP contribution in [-0.2, 0) is 16.1 Å². The first-order valence-corrected chi connectivity index (χ1v) is 9.89. The van der Waals surface area contributed by atoms with E-state index in [0.29, 0.717) is 34.7 Å². The third-order valence-corrected chi connectivity index (χ3v) is 5.47. The average Bonchev–Trinajstić information content (AvgIpc) is 3.25. The van der Waals surface area contributed by atoms with Gasteiger partial charge in [-0.2, -0.15) is 0 Å². The maximum atomic E-state index is 12.1. The van der Waals surface area contributed by atoms with Crippen molar-refractivity contribution in [2.45, 2.75) is 32.0 Å². The van der Waals surface area contributed by atoms with Crippen molar-refractivity contribution in [3.05, 3.63) is 44.9 Å². The number of halogens is 2. The molecule has 0 bridgehead atoms. The maximum Gasteiger partial charge on any atom is 0.321 e. The standard InChI is InChI=1S/C17H18Cl2N4O3S/c1-9(24)26-11-5-14(20-7-11)15-8-27-17(22-15)23-16(25)21-6-10-2-3-12(18)13(19)4-10/h2-4,8,11,14,20H,5-7H2,1H3,(H2,21,22,23,25)/t11-,14?/m1/s1. The predicted molar refractivity (Wildman–Crippen MR) is 105 cm³/mol. The number of ether oxygens (including phenoxy) is 1. The van der Waals surface area contributed by atoms with Crippen LogP contribution in [0.4, 0.5) is 9.93 Å². The number of esters is 1. The minimum atomic E-state index is -0.362. The largest absolute Gasteiger partial charge is 0.461 e. The Bertz CT molecular complexity index is 845. The number of benzene rings is 1. The molecule has 3 N–H and O–H groups in total. The molecule has 7 nitrogen and oxygen atoms in total. The summed E-state index contributed by atoms with van der Waals surface area (Å²) in [6.45, 7) is 2.30.